The molecule has 1 heterocycles. The molecule has 150 valence electrons. The first-order valence-corrected chi connectivity index (χ1v) is 9.93. The van der Waals surface area contributed by atoms with Crippen molar-refractivity contribution in [1.82, 2.24) is 4.98 Å². The zero-order chi connectivity index (χ0) is 22.0. The SMILES string of the molecule is N#Cc1ccc(-c2csc(-c3ccc(-c4ccccc4[N+](=O)[O-])c(C(=O)O)c3)n2)cc1. The summed E-state index contributed by atoms with van der Waals surface area (Å²) in [6.45, 7) is 0. The zero-order valence-electron chi connectivity index (χ0n) is 15.9. The molecule has 0 saturated carbocycles. The van der Waals surface area contributed by atoms with Crippen LogP contribution in [0.2, 0.25) is 0 Å². The normalized spacial score (nSPS) is 10.4. The van der Waals surface area contributed by atoms with E-state index in [1.807, 2.05) is 5.38 Å². The van der Waals surface area contributed by atoms with Gasteiger partial charge in [0.05, 0.1) is 33.4 Å². The van der Waals surface area contributed by atoms with Gasteiger partial charge in [-0.25, -0.2) is 9.78 Å². The fraction of sp³-hybridized carbons (Fsp3) is 0. The summed E-state index contributed by atoms with van der Waals surface area (Å²) in [7, 11) is 0. The molecule has 1 aromatic heterocycles. The van der Waals surface area contributed by atoms with Crippen LogP contribution in [-0.4, -0.2) is 21.0 Å². The first kappa shape index (κ1) is 19.9. The molecule has 0 unspecified atom stereocenters. The second-order valence-electron chi connectivity index (χ2n) is 6.57. The fourth-order valence-electron chi connectivity index (χ4n) is 3.20. The molecule has 4 aromatic rings. The van der Waals surface area contributed by atoms with Gasteiger partial charge in [0.1, 0.15) is 5.01 Å². The molecule has 1 N–H and O–H groups in total. The van der Waals surface area contributed by atoms with Crippen molar-refractivity contribution in [3.05, 3.63) is 93.4 Å². The van der Waals surface area contributed by atoms with Crippen molar-refractivity contribution < 1.29 is 14.8 Å². The monoisotopic (exact) mass is 427 g/mol. The van der Waals surface area contributed by atoms with E-state index in [2.05, 4.69) is 11.1 Å². The third-order valence-electron chi connectivity index (χ3n) is 4.70. The standard InChI is InChI=1S/C23H13N3O4S/c24-12-14-5-7-15(8-6-14)20-13-31-22(25-20)16-9-10-17(19(11-16)23(27)28)18-3-1-2-4-21(18)26(29)30/h1-11,13H,(H,27,28). The van der Waals surface area contributed by atoms with Crippen LogP contribution in [0, 0.1) is 21.4 Å². The number of thiazole rings is 1. The lowest BCUT2D eigenvalue weighted by molar-refractivity contribution is -0.384. The van der Waals surface area contributed by atoms with Gasteiger partial charge in [-0.1, -0.05) is 36.4 Å². The number of rotatable bonds is 5. The van der Waals surface area contributed by atoms with Crippen LogP contribution in [-0.2, 0) is 0 Å². The maximum Gasteiger partial charge on any atom is 0.336 e. The molecule has 0 aliphatic rings. The van der Waals surface area contributed by atoms with Gasteiger partial charge in [0.15, 0.2) is 0 Å². The number of hydrogen-bond donors (Lipinski definition) is 1. The van der Waals surface area contributed by atoms with Crippen molar-refractivity contribution in [2.45, 2.75) is 0 Å². The van der Waals surface area contributed by atoms with Crippen molar-refractivity contribution in [3.8, 4) is 39.0 Å². The van der Waals surface area contributed by atoms with Crippen molar-refractivity contribution in [2.75, 3.05) is 0 Å². The maximum atomic E-state index is 11.9. The largest absolute Gasteiger partial charge is 0.478 e. The Kier molecular flexibility index (Phi) is 5.26. The molecule has 31 heavy (non-hydrogen) atoms. The van der Waals surface area contributed by atoms with Crippen LogP contribution in [0.25, 0.3) is 33.0 Å². The van der Waals surface area contributed by atoms with Crippen molar-refractivity contribution >= 4 is 23.0 Å². The molecule has 3 aromatic carbocycles. The van der Waals surface area contributed by atoms with Gasteiger partial charge in [-0.3, -0.25) is 10.1 Å². The number of carboxylic acids is 1. The number of para-hydroxylation sites is 1. The van der Waals surface area contributed by atoms with Gasteiger partial charge in [-0.15, -0.1) is 11.3 Å². The van der Waals surface area contributed by atoms with E-state index in [9.17, 15) is 20.0 Å². The van der Waals surface area contributed by atoms with Gasteiger partial charge in [-0.2, -0.15) is 5.26 Å². The first-order valence-electron chi connectivity index (χ1n) is 9.05. The topological polar surface area (TPSA) is 117 Å². The molecular formula is C23H13N3O4S. The summed E-state index contributed by atoms with van der Waals surface area (Å²) >= 11 is 1.36. The minimum absolute atomic E-state index is 0.0399. The molecule has 0 saturated heterocycles. The molecule has 0 aliphatic heterocycles. The van der Waals surface area contributed by atoms with Crippen LogP contribution in [0.4, 0.5) is 5.69 Å². The molecule has 0 amide bonds. The van der Waals surface area contributed by atoms with E-state index in [1.165, 1.54) is 35.6 Å². The Hall–Kier alpha value is -4.35. The molecule has 0 spiro atoms. The summed E-state index contributed by atoms with van der Waals surface area (Å²) in [5, 5.41) is 32.5. The number of nitriles is 1. The van der Waals surface area contributed by atoms with Gasteiger partial charge in [0.25, 0.3) is 5.69 Å². The van der Waals surface area contributed by atoms with E-state index < -0.39 is 10.9 Å². The number of nitro benzene ring substituents is 1. The number of carboxylic acid groups (broad SMARTS) is 1. The van der Waals surface area contributed by atoms with E-state index in [1.54, 1.807) is 42.5 Å². The number of nitrogens with zero attached hydrogens (tertiary/aromatic N) is 3. The average Bonchev–Trinajstić information content (AvgIpc) is 3.29. The Balaban J connectivity index is 1.76. The predicted molar refractivity (Wildman–Crippen MR) is 117 cm³/mol. The van der Waals surface area contributed by atoms with Crippen LogP contribution in [0.3, 0.4) is 0 Å². The molecule has 0 bridgehead atoms. The van der Waals surface area contributed by atoms with Gasteiger partial charge in [0, 0.05) is 28.1 Å². The average molecular weight is 427 g/mol. The first-order chi connectivity index (χ1) is 15.0. The maximum absolute atomic E-state index is 11.9. The third-order valence-corrected chi connectivity index (χ3v) is 5.59. The van der Waals surface area contributed by atoms with Crippen LogP contribution in [0.1, 0.15) is 15.9 Å². The highest BCUT2D eigenvalue weighted by atomic mass is 32.1. The number of aromatic carboxylic acids is 1. The van der Waals surface area contributed by atoms with Crippen molar-refractivity contribution in [1.29, 1.82) is 5.26 Å². The number of benzene rings is 3. The summed E-state index contributed by atoms with van der Waals surface area (Å²) in [4.78, 5) is 27.4. The molecular weight excluding hydrogens is 414 g/mol. The summed E-state index contributed by atoms with van der Waals surface area (Å²) in [6.07, 6.45) is 0. The van der Waals surface area contributed by atoms with Gasteiger partial charge in [0.2, 0.25) is 0 Å². The fourth-order valence-corrected chi connectivity index (χ4v) is 4.03. The Morgan fingerprint density at radius 3 is 2.42 bits per heavy atom. The lowest BCUT2D eigenvalue weighted by Crippen LogP contribution is -2.02. The molecule has 0 fully saturated rings. The minimum atomic E-state index is -1.18. The van der Waals surface area contributed by atoms with Gasteiger partial charge < -0.3 is 5.11 Å². The highest BCUT2D eigenvalue weighted by Crippen LogP contribution is 2.36. The van der Waals surface area contributed by atoms with E-state index >= 15 is 0 Å². The third kappa shape index (κ3) is 3.90. The van der Waals surface area contributed by atoms with Crippen LogP contribution < -0.4 is 0 Å². The quantitative estimate of drug-likeness (QED) is 0.326. The van der Waals surface area contributed by atoms with Crippen molar-refractivity contribution in [2.24, 2.45) is 0 Å². The molecule has 0 atom stereocenters. The number of nitro groups is 1. The number of carbonyl (C=O) groups is 1. The number of aromatic nitrogens is 1. The van der Waals surface area contributed by atoms with E-state index in [0.29, 0.717) is 21.8 Å². The van der Waals surface area contributed by atoms with Gasteiger partial charge in [-0.05, 0) is 24.3 Å². The summed E-state index contributed by atoms with van der Waals surface area (Å²) < 4.78 is 0. The van der Waals surface area contributed by atoms with Gasteiger partial charge >= 0.3 is 5.97 Å². The summed E-state index contributed by atoms with van der Waals surface area (Å²) in [5.41, 5.74) is 3.03. The van der Waals surface area contributed by atoms with E-state index in [4.69, 9.17) is 5.26 Å². The Labute approximate surface area is 180 Å². The highest BCUT2D eigenvalue weighted by molar-refractivity contribution is 7.13. The van der Waals surface area contributed by atoms with Crippen LogP contribution >= 0.6 is 11.3 Å². The summed E-state index contributed by atoms with van der Waals surface area (Å²) in [6, 6.07) is 19.9. The summed E-state index contributed by atoms with van der Waals surface area (Å²) in [5.74, 6) is -1.18. The molecule has 4 rings (SSSR count). The molecule has 0 radical (unpaired) electrons. The molecule has 8 heteroatoms. The van der Waals surface area contributed by atoms with Crippen LogP contribution in [0.5, 0.6) is 0 Å². The Morgan fingerprint density at radius 2 is 1.74 bits per heavy atom. The Morgan fingerprint density at radius 1 is 1.03 bits per heavy atom. The minimum Gasteiger partial charge on any atom is -0.478 e. The highest BCUT2D eigenvalue weighted by Gasteiger charge is 2.21. The van der Waals surface area contributed by atoms with E-state index in [0.717, 1.165) is 5.56 Å². The Bertz CT molecular complexity index is 1350. The smallest absolute Gasteiger partial charge is 0.336 e. The number of hydrogen-bond acceptors (Lipinski definition) is 6. The zero-order valence-corrected chi connectivity index (χ0v) is 16.7. The van der Waals surface area contributed by atoms with E-state index in [-0.39, 0.29) is 22.4 Å². The second-order valence-corrected chi connectivity index (χ2v) is 7.42. The van der Waals surface area contributed by atoms with Crippen LogP contribution in [0.15, 0.2) is 72.1 Å². The molecule has 7 nitrogen and oxygen atoms in total. The lowest BCUT2D eigenvalue weighted by atomic mass is 9.96. The second kappa shape index (κ2) is 8.18. The van der Waals surface area contributed by atoms with Crippen molar-refractivity contribution in [3.63, 3.8) is 0 Å². The lowest BCUT2D eigenvalue weighted by Gasteiger charge is -2.09. The molecule has 0 aliphatic carbocycles. The predicted octanol–water partition coefficient (Wildman–Crippen LogP) is 5.62.